The Morgan fingerprint density at radius 3 is 2.70 bits per heavy atom. The van der Waals surface area contributed by atoms with Crippen molar-refractivity contribution in [3.8, 4) is 0 Å². The lowest BCUT2D eigenvalue weighted by Crippen LogP contribution is -2.45. The number of hydrogen-bond donors (Lipinski definition) is 1. The first kappa shape index (κ1) is 14.9. The third-order valence-corrected chi connectivity index (χ3v) is 3.91. The molecule has 2 rings (SSSR count). The van der Waals surface area contributed by atoms with E-state index in [-0.39, 0.29) is 17.7 Å². The highest BCUT2D eigenvalue weighted by Gasteiger charge is 2.27. The molecule has 5 heteroatoms. The minimum absolute atomic E-state index is 0.0222. The molecular weight excluding hydrogens is 276 g/mol. The molecule has 1 fully saturated rings. The van der Waals surface area contributed by atoms with Gasteiger partial charge in [0.2, 0.25) is 11.8 Å². The summed E-state index contributed by atoms with van der Waals surface area (Å²) in [5.41, 5.74) is 0.946. The fourth-order valence-electron chi connectivity index (χ4n) is 2.51. The lowest BCUT2D eigenvalue weighted by molar-refractivity contribution is -0.135. The van der Waals surface area contributed by atoms with E-state index < -0.39 is 0 Å². The highest BCUT2D eigenvalue weighted by molar-refractivity contribution is 6.30. The Labute approximate surface area is 124 Å². The Balaban J connectivity index is 1.95. The van der Waals surface area contributed by atoms with E-state index in [2.05, 4.69) is 5.32 Å². The lowest BCUT2D eigenvalue weighted by Gasteiger charge is -2.32. The molecule has 0 radical (unpaired) electrons. The summed E-state index contributed by atoms with van der Waals surface area (Å²) in [6.07, 6.45) is 2.09. The van der Waals surface area contributed by atoms with Crippen LogP contribution < -0.4 is 5.32 Å². The van der Waals surface area contributed by atoms with Crippen LogP contribution in [-0.2, 0) is 16.0 Å². The van der Waals surface area contributed by atoms with Crippen molar-refractivity contribution >= 4 is 23.4 Å². The topological polar surface area (TPSA) is 49.4 Å². The molecule has 20 heavy (non-hydrogen) atoms. The first-order valence-electron chi connectivity index (χ1n) is 6.84. The number of carbonyl (C=O) groups excluding carboxylic acids is 2. The molecule has 0 spiro atoms. The van der Waals surface area contributed by atoms with Crippen LogP contribution in [0.25, 0.3) is 0 Å². The second-order valence-corrected chi connectivity index (χ2v) is 5.53. The minimum Gasteiger partial charge on any atom is -0.359 e. The molecule has 1 N–H and O–H groups in total. The van der Waals surface area contributed by atoms with Gasteiger partial charge in [-0.15, -0.1) is 0 Å². The molecule has 1 unspecified atom stereocenters. The fourth-order valence-corrected chi connectivity index (χ4v) is 2.64. The Morgan fingerprint density at radius 1 is 1.35 bits per heavy atom. The molecule has 0 saturated carbocycles. The van der Waals surface area contributed by atoms with E-state index in [0.29, 0.717) is 18.0 Å². The molecule has 2 amide bonds. The van der Waals surface area contributed by atoms with Crippen molar-refractivity contribution in [2.24, 2.45) is 5.92 Å². The van der Waals surface area contributed by atoms with Gasteiger partial charge >= 0.3 is 0 Å². The molecule has 1 aromatic rings. The van der Waals surface area contributed by atoms with Crippen molar-refractivity contribution in [2.75, 3.05) is 20.1 Å². The summed E-state index contributed by atoms with van der Waals surface area (Å²) in [5, 5.41) is 3.32. The molecule has 1 aromatic carbocycles. The first-order chi connectivity index (χ1) is 9.60. The van der Waals surface area contributed by atoms with E-state index in [0.717, 1.165) is 24.9 Å². The molecule has 1 saturated heterocycles. The van der Waals surface area contributed by atoms with Crippen LogP contribution in [0.2, 0.25) is 5.02 Å². The Kier molecular flexibility index (Phi) is 5.01. The molecular formula is C15H19ClN2O2. The average molecular weight is 295 g/mol. The smallest absolute Gasteiger partial charge is 0.227 e. The number of likely N-dealkylation sites (tertiary alicyclic amines) is 1. The summed E-state index contributed by atoms with van der Waals surface area (Å²) in [6.45, 7) is 1.26. The largest absolute Gasteiger partial charge is 0.359 e. The first-order valence-corrected chi connectivity index (χ1v) is 7.21. The van der Waals surface area contributed by atoms with Crippen LogP contribution in [-0.4, -0.2) is 36.9 Å². The van der Waals surface area contributed by atoms with Gasteiger partial charge in [0, 0.05) is 25.2 Å². The number of nitrogens with one attached hydrogen (secondary N) is 1. The molecule has 0 bridgehead atoms. The van der Waals surface area contributed by atoms with Gasteiger partial charge in [-0.25, -0.2) is 0 Å². The number of amides is 2. The second-order valence-electron chi connectivity index (χ2n) is 5.10. The highest BCUT2D eigenvalue weighted by atomic mass is 35.5. The summed E-state index contributed by atoms with van der Waals surface area (Å²) in [4.78, 5) is 25.7. The van der Waals surface area contributed by atoms with Crippen molar-refractivity contribution in [3.05, 3.63) is 34.9 Å². The summed E-state index contributed by atoms with van der Waals surface area (Å²) < 4.78 is 0. The quantitative estimate of drug-likeness (QED) is 0.925. The summed E-state index contributed by atoms with van der Waals surface area (Å²) in [7, 11) is 1.64. The van der Waals surface area contributed by atoms with Gasteiger partial charge in [-0.1, -0.05) is 23.7 Å². The standard InChI is InChI=1S/C15H19ClN2O2/c1-17-15(20)12-3-2-8-18(10-12)14(19)9-11-4-6-13(16)7-5-11/h4-7,12H,2-3,8-10H2,1H3,(H,17,20). The fraction of sp³-hybridized carbons (Fsp3) is 0.467. The number of rotatable bonds is 3. The van der Waals surface area contributed by atoms with Crippen LogP contribution in [0.15, 0.2) is 24.3 Å². The summed E-state index contributed by atoms with van der Waals surface area (Å²) in [5.74, 6) is 0.0119. The second kappa shape index (κ2) is 6.75. The maximum atomic E-state index is 12.3. The molecule has 0 aromatic heterocycles. The van der Waals surface area contributed by atoms with Gasteiger partial charge in [0.05, 0.1) is 12.3 Å². The molecule has 1 heterocycles. The monoisotopic (exact) mass is 294 g/mol. The van der Waals surface area contributed by atoms with Crippen molar-refractivity contribution in [3.63, 3.8) is 0 Å². The van der Waals surface area contributed by atoms with Crippen LogP contribution in [0, 0.1) is 5.92 Å². The van der Waals surface area contributed by atoms with Crippen LogP contribution >= 0.6 is 11.6 Å². The van der Waals surface area contributed by atoms with Crippen molar-refractivity contribution in [1.29, 1.82) is 0 Å². The van der Waals surface area contributed by atoms with E-state index in [9.17, 15) is 9.59 Å². The van der Waals surface area contributed by atoms with Gasteiger partial charge in [-0.2, -0.15) is 0 Å². The number of hydrogen-bond acceptors (Lipinski definition) is 2. The SMILES string of the molecule is CNC(=O)C1CCCN(C(=O)Cc2ccc(Cl)cc2)C1. The maximum Gasteiger partial charge on any atom is 0.227 e. The van der Waals surface area contributed by atoms with Crippen molar-refractivity contribution in [1.82, 2.24) is 10.2 Å². The Morgan fingerprint density at radius 2 is 2.05 bits per heavy atom. The zero-order valence-corrected chi connectivity index (χ0v) is 12.3. The van der Waals surface area contributed by atoms with Crippen molar-refractivity contribution in [2.45, 2.75) is 19.3 Å². The number of halogens is 1. The van der Waals surface area contributed by atoms with E-state index in [1.807, 2.05) is 12.1 Å². The average Bonchev–Trinajstić information content (AvgIpc) is 2.49. The van der Waals surface area contributed by atoms with Crippen LogP contribution in [0.1, 0.15) is 18.4 Å². The Bertz CT molecular complexity index is 487. The van der Waals surface area contributed by atoms with Gasteiger partial charge in [-0.05, 0) is 30.5 Å². The van der Waals surface area contributed by atoms with Crippen molar-refractivity contribution < 1.29 is 9.59 Å². The maximum absolute atomic E-state index is 12.3. The third-order valence-electron chi connectivity index (χ3n) is 3.66. The summed E-state index contributed by atoms with van der Waals surface area (Å²) in [6, 6.07) is 7.29. The van der Waals surface area contributed by atoms with Crippen LogP contribution in [0.5, 0.6) is 0 Å². The van der Waals surface area contributed by atoms with Crippen LogP contribution in [0.4, 0.5) is 0 Å². The normalized spacial score (nSPS) is 18.7. The number of benzene rings is 1. The molecule has 0 aliphatic carbocycles. The zero-order chi connectivity index (χ0) is 14.5. The predicted octanol–water partition coefficient (Wildman–Crippen LogP) is 1.87. The minimum atomic E-state index is -0.0806. The van der Waals surface area contributed by atoms with Gasteiger partial charge in [0.15, 0.2) is 0 Å². The summed E-state index contributed by atoms with van der Waals surface area (Å²) >= 11 is 5.83. The molecule has 4 nitrogen and oxygen atoms in total. The van der Waals surface area contributed by atoms with E-state index in [4.69, 9.17) is 11.6 Å². The molecule has 1 aliphatic heterocycles. The van der Waals surface area contributed by atoms with Crippen LogP contribution in [0.3, 0.4) is 0 Å². The number of nitrogens with zero attached hydrogens (tertiary/aromatic N) is 1. The number of piperidine rings is 1. The lowest BCUT2D eigenvalue weighted by atomic mass is 9.96. The predicted molar refractivity (Wildman–Crippen MR) is 78.5 cm³/mol. The molecule has 108 valence electrons. The third kappa shape index (κ3) is 3.73. The van der Waals surface area contributed by atoms with Gasteiger partial charge in [0.25, 0.3) is 0 Å². The van der Waals surface area contributed by atoms with Gasteiger partial charge in [-0.3, -0.25) is 9.59 Å². The van der Waals surface area contributed by atoms with Gasteiger partial charge in [0.1, 0.15) is 0 Å². The van der Waals surface area contributed by atoms with E-state index in [1.165, 1.54) is 0 Å². The molecule has 1 aliphatic rings. The van der Waals surface area contributed by atoms with E-state index >= 15 is 0 Å². The molecule has 1 atom stereocenters. The highest BCUT2D eigenvalue weighted by Crippen LogP contribution is 2.18. The number of carbonyl (C=O) groups is 2. The Hall–Kier alpha value is -1.55. The van der Waals surface area contributed by atoms with E-state index in [1.54, 1.807) is 24.1 Å². The zero-order valence-electron chi connectivity index (χ0n) is 11.6. The van der Waals surface area contributed by atoms with Gasteiger partial charge < -0.3 is 10.2 Å².